The van der Waals surface area contributed by atoms with E-state index in [2.05, 4.69) is 4.98 Å². The molecule has 0 aliphatic rings. The van der Waals surface area contributed by atoms with Crippen LogP contribution in [0, 0.1) is 6.92 Å². The molecule has 13 heavy (non-hydrogen) atoms. The first kappa shape index (κ1) is 10.1. The molecule has 0 aromatic carbocycles. The van der Waals surface area contributed by atoms with Gasteiger partial charge in [0.25, 0.3) is 6.43 Å². The molecule has 0 fully saturated rings. The Morgan fingerprint density at radius 3 is 2.31 bits per heavy atom. The van der Waals surface area contributed by atoms with Gasteiger partial charge in [-0.1, -0.05) is 13.8 Å². The number of alkyl halides is 2. The van der Waals surface area contributed by atoms with Gasteiger partial charge in [0.15, 0.2) is 0 Å². The fraction of sp³-hybridized carbons (Fsp3) is 0.500. The van der Waals surface area contributed by atoms with E-state index in [-0.39, 0.29) is 11.5 Å². The first-order valence-electron chi connectivity index (χ1n) is 4.27. The molecule has 1 aromatic heterocycles. The van der Waals surface area contributed by atoms with E-state index >= 15 is 0 Å². The lowest BCUT2D eigenvalue weighted by molar-refractivity contribution is 0.148. The first-order valence-corrected chi connectivity index (χ1v) is 4.27. The summed E-state index contributed by atoms with van der Waals surface area (Å²) in [5.74, 6) is 0.0453. The average molecular weight is 185 g/mol. The quantitative estimate of drug-likeness (QED) is 0.687. The largest absolute Gasteiger partial charge is 0.265 e. The lowest BCUT2D eigenvalue weighted by Gasteiger charge is -2.12. The van der Waals surface area contributed by atoms with Gasteiger partial charge in [-0.15, -0.1) is 0 Å². The number of pyridine rings is 1. The van der Waals surface area contributed by atoms with Gasteiger partial charge in [0, 0.05) is 11.8 Å². The maximum atomic E-state index is 12.6. The summed E-state index contributed by atoms with van der Waals surface area (Å²) in [6, 6.07) is 1.62. The molecule has 1 nitrogen and oxygen atoms in total. The minimum atomic E-state index is -2.42. The number of rotatable bonds is 2. The summed E-state index contributed by atoms with van der Waals surface area (Å²) in [5.41, 5.74) is 1.22. The van der Waals surface area contributed by atoms with Gasteiger partial charge in [-0.25, -0.2) is 8.78 Å². The number of halogens is 2. The Hall–Kier alpha value is -0.990. The minimum Gasteiger partial charge on any atom is -0.261 e. The highest BCUT2D eigenvalue weighted by atomic mass is 19.3. The third-order valence-corrected chi connectivity index (χ3v) is 2.00. The van der Waals surface area contributed by atoms with Crippen LogP contribution in [-0.4, -0.2) is 4.98 Å². The highest BCUT2D eigenvalue weighted by molar-refractivity contribution is 5.31. The molecule has 0 saturated heterocycles. The number of aromatic nitrogens is 1. The smallest absolute Gasteiger partial charge is 0.261 e. The maximum Gasteiger partial charge on any atom is 0.265 e. The van der Waals surface area contributed by atoms with E-state index in [0.29, 0.717) is 11.3 Å². The van der Waals surface area contributed by atoms with Gasteiger partial charge in [0.2, 0.25) is 0 Å². The molecule has 0 spiro atoms. The second-order valence-electron chi connectivity index (χ2n) is 3.38. The molecule has 0 aliphatic carbocycles. The monoisotopic (exact) mass is 185 g/mol. The molecular formula is C10H13F2N. The molecule has 0 unspecified atom stereocenters. The van der Waals surface area contributed by atoms with Crippen LogP contribution in [0.2, 0.25) is 0 Å². The predicted molar refractivity (Wildman–Crippen MR) is 48.0 cm³/mol. The van der Waals surface area contributed by atoms with Gasteiger partial charge in [-0.2, -0.15) is 0 Å². The van der Waals surface area contributed by atoms with Crippen molar-refractivity contribution in [2.24, 2.45) is 0 Å². The Labute approximate surface area is 76.8 Å². The van der Waals surface area contributed by atoms with E-state index in [9.17, 15) is 8.78 Å². The van der Waals surface area contributed by atoms with E-state index < -0.39 is 6.43 Å². The standard InChI is InChI=1S/C10H13F2N/c1-6(2)9-8(10(11)12)7(3)4-5-13-9/h4-6,10H,1-3H3. The molecule has 0 N–H and O–H groups in total. The zero-order valence-electron chi connectivity index (χ0n) is 8.01. The van der Waals surface area contributed by atoms with Crippen LogP contribution in [0.4, 0.5) is 8.78 Å². The average Bonchev–Trinajstić information content (AvgIpc) is 2.02. The van der Waals surface area contributed by atoms with Crippen LogP contribution in [0.3, 0.4) is 0 Å². The number of nitrogens with zero attached hydrogens (tertiary/aromatic N) is 1. The van der Waals surface area contributed by atoms with Gasteiger partial charge in [-0.05, 0) is 24.5 Å². The first-order chi connectivity index (χ1) is 6.04. The Balaban J connectivity index is 3.26. The van der Waals surface area contributed by atoms with Gasteiger partial charge in [-0.3, -0.25) is 4.98 Å². The number of hydrogen-bond acceptors (Lipinski definition) is 1. The predicted octanol–water partition coefficient (Wildman–Crippen LogP) is 3.45. The summed E-state index contributed by atoms with van der Waals surface area (Å²) in [4.78, 5) is 3.98. The summed E-state index contributed by atoms with van der Waals surface area (Å²) in [5, 5.41) is 0. The molecule has 3 heteroatoms. The molecule has 72 valence electrons. The molecule has 0 atom stereocenters. The van der Waals surface area contributed by atoms with E-state index in [1.165, 1.54) is 0 Å². The summed E-state index contributed by atoms with van der Waals surface area (Å²) in [6.07, 6.45) is -0.845. The normalized spacial score (nSPS) is 11.3. The van der Waals surface area contributed by atoms with Crippen LogP contribution < -0.4 is 0 Å². The van der Waals surface area contributed by atoms with Crippen molar-refractivity contribution >= 4 is 0 Å². The molecule has 0 radical (unpaired) electrons. The van der Waals surface area contributed by atoms with Crippen molar-refractivity contribution in [3.8, 4) is 0 Å². The van der Waals surface area contributed by atoms with Crippen molar-refractivity contribution in [2.45, 2.75) is 33.1 Å². The molecular weight excluding hydrogens is 172 g/mol. The van der Waals surface area contributed by atoms with Crippen molar-refractivity contribution in [3.05, 3.63) is 29.1 Å². The molecule has 0 bridgehead atoms. The lowest BCUT2D eigenvalue weighted by atomic mass is 10.0. The van der Waals surface area contributed by atoms with E-state index in [1.54, 1.807) is 19.2 Å². The van der Waals surface area contributed by atoms with E-state index in [0.717, 1.165) is 0 Å². The van der Waals surface area contributed by atoms with Crippen molar-refractivity contribution < 1.29 is 8.78 Å². The Kier molecular flexibility index (Phi) is 2.96. The van der Waals surface area contributed by atoms with E-state index in [4.69, 9.17) is 0 Å². The lowest BCUT2D eigenvalue weighted by Crippen LogP contribution is -2.02. The van der Waals surface area contributed by atoms with Gasteiger partial charge in [0.05, 0.1) is 5.69 Å². The molecule has 1 heterocycles. The van der Waals surface area contributed by atoms with Crippen LogP contribution in [-0.2, 0) is 0 Å². The number of hydrogen-bond donors (Lipinski definition) is 0. The summed E-state index contributed by atoms with van der Waals surface area (Å²) in [7, 11) is 0. The zero-order chi connectivity index (χ0) is 10.0. The van der Waals surface area contributed by atoms with Crippen LogP contribution >= 0.6 is 0 Å². The van der Waals surface area contributed by atoms with Crippen LogP contribution in [0.25, 0.3) is 0 Å². The zero-order valence-corrected chi connectivity index (χ0v) is 8.01. The second-order valence-corrected chi connectivity index (χ2v) is 3.38. The fourth-order valence-corrected chi connectivity index (χ4v) is 1.33. The highest BCUT2D eigenvalue weighted by Gasteiger charge is 2.18. The third-order valence-electron chi connectivity index (χ3n) is 2.00. The second kappa shape index (κ2) is 3.81. The summed E-state index contributed by atoms with van der Waals surface area (Å²) in [6.45, 7) is 5.43. The van der Waals surface area contributed by atoms with Crippen LogP contribution in [0.1, 0.15) is 43.0 Å². The van der Waals surface area contributed by atoms with Gasteiger partial charge in [0.1, 0.15) is 0 Å². The summed E-state index contributed by atoms with van der Waals surface area (Å²) >= 11 is 0. The topological polar surface area (TPSA) is 12.9 Å². The highest BCUT2D eigenvalue weighted by Crippen LogP contribution is 2.28. The Bertz CT molecular complexity index is 295. The van der Waals surface area contributed by atoms with Gasteiger partial charge >= 0.3 is 0 Å². The number of aryl methyl sites for hydroxylation is 1. The van der Waals surface area contributed by atoms with Crippen molar-refractivity contribution in [1.29, 1.82) is 0 Å². The van der Waals surface area contributed by atoms with Gasteiger partial charge < -0.3 is 0 Å². The van der Waals surface area contributed by atoms with Crippen molar-refractivity contribution in [3.63, 3.8) is 0 Å². The fourth-order valence-electron chi connectivity index (χ4n) is 1.33. The Morgan fingerprint density at radius 2 is 1.92 bits per heavy atom. The third kappa shape index (κ3) is 2.02. The van der Waals surface area contributed by atoms with Crippen molar-refractivity contribution in [2.75, 3.05) is 0 Å². The summed E-state index contributed by atoms with van der Waals surface area (Å²) < 4.78 is 25.2. The Morgan fingerprint density at radius 1 is 1.31 bits per heavy atom. The SMILES string of the molecule is Cc1ccnc(C(C)C)c1C(F)F. The molecule has 1 rings (SSSR count). The van der Waals surface area contributed by atoms with Crippen molar-refractivity contribution in [1.82, 2.24) is 4.98 Å². The van der Waals surface area contributed by atoms with Crippen LogP contribution in [0.5, 0.6) is 0 Å². The maximum absolute atomic E-state index is 12.6. The molecule has 0 amide bonds. The molecule has 0 aliphatic heterocycles. The minimum absolute atomic E-state index is 0.0453. The molecule has 1 aromatic rings. The molecule has 0 saturated carbocycles. The van der Waals surface area contributed by atoms with E-state index in [1.807, 2.05) is 13.8 Å². The van der Waals surface area contributed by atoms with Crippen LogP contribution in [0.15, 0.2) is 12.3 Å².